The van der Waals surface area contributed by atoms with E-state index in [1.165, 1.54) is 12.8 Å². The zero-order valence-corrected chi connectivity index (χ0v) is 11.1. The molecular formula is C10H9BrClN5. The van der Waals surface area contributed by atoms with Gasteiger partial charge in [0.15, 0.2) is 5.82 Å². The molecular weight excluding hydrogens is 306 g/mol. The molecule has 0 unspecified atom stereocenters. The molecule has 2 N–H and O–H groups in total. The Bertz CT molecular complexity index is 551. The van der Waals surface area contributed by atoms with Gasteiger partial charge >= 0.3 is 0 Å². The minimum Gasteiger partial charge on any atom is -0.324 e. The van der Waals surface area contributed by atoms with E-state index in [1.54, 1.807) is 6.20 Å². The van der Waals surface area contributed by atoms with Gasteiger partial charge in [0.05, 0.1) is 10.2 Å². The van der Waals surface area contributed by atoms with Crippen molar-refractivity contribution >= 4 is 39.2 Å². The minimum absolute atomic E-state index is 0.206. The predicted octanol–water partition coefficient (Wildman–Crippen LogP) is 3.24. The van der Waals surface area contributed by atoms with E-state index >= 15 is 0 Å². The molecule has 0 amide bonds. The molecule has 0 saturated heterocycles. The van der Waals surface area contributed by atoms with Crippen molar-refractivity contribution in [1.29, 1.82) is 0 Å². The molecule has 2 heterocycles. The maximum absolute atomic E-state index is 5.74. The van der Waals surface area contributed by atoms with Gasteiger partial charge in [0, 0.05) is 18.2 Å². The zero-order valence-electron chi connectivity index (χ0n) is 8.74. The first-order chi connectivity index (χ1) is 8.22. The molecule has 5 nitrogen and oxygen atoms in total. The van der Waals surface area contributed by atoms with Crippen LogP contribution in [0.15, 0.2) is 16.7 Å². The monoisotopic (exact) mass is 313 g/mol. The number of nitrogens with one attached hydrogen (secondary N) is 2. The topological polar surface area (TPSA) is 66.5 Å². The van der Waals surface area contributed by atoms with Crippen LogP contribution in [0.1, 0.15) is 24.5 Å². The summed E-state index contributed by atoms with van der Waals surface area (Å²) in [6.45, 7) is 0. The van der Waals surface area contributed by atoms with Gasteiger partial charge in [-0.05, 0) is 40.4 Å². The maximum Gasteiger partial charge on any atom is 0.224 e. The van der Waals surface area contributed by atoms with Gasteiger partial charge in [-0.25, -0.2) is 4.98 Å². The van der Waals surface area contributed by atoms with Crippen molar-refractivity contribution in [2.24, 2.45) is 0 Å². The van der Waals surface area contributed by atoms with Crippen LogP contribution in [-0.2, 0) is 0 Å². The van der Waals surface area contributed by atoms with Gasteiger partial charge in [0.2, 0.25) is 5.28 Å². The van der Waals surface area contributed by atoms with Gasteiger partial charge in [0.25, 0.3) is 0 Å². The lowest BCUT2D eigenvalue weighted by molar-refractivity contribution is 0.966. The lowest BCUT2D eigenvalue weighted by Gasteiger charge is -2.04. The van der Waals surface area contributed by atoms with Crippen LogP contribution in [0.3, 0.4) is 0 Å². The lowest BCUT2D eigenvalue weighted by atomic mass is 10.3. The van der Waals surface area contributed by atoms with Crippen LogP contribution in [0.5, 0.6) is 0 Å². The third-order valence-corrected chi connectivity index (χ3v) is 3.32. The Morgan fingerprint density at radius 1 is 1.47 bits per heavy atom. The van der Waals surface area contributed by atoms with Gasteiger partial charge in [0.1, 0.15) is 5.82 Å². The molecule has 1 aliphatic rings. The number of halogens is 2. The fraction of sp³-hybridized carbons (Fsp3) is 0.300. The third-order valence-electron chi connectivity index (χ3n) is 2.56. The molecule has 2 aromatic rings. The number of H-pyrrole nitrogens is 1. The van der Waals surface area contributed by atoms with Crippen molar-refractivity contribution in [2.45, 2.75) is 18.8 Å². The Labute approximate surface area is 111 Å². The minimum atomic E-state index is 0.206. The summed E-state index contributed by atoms with van der Waals surface area (Å²) in [5.41, 5.74) is 1.10. The van der Waals surface area contributed by atoms with Crippen molar-refractivity contribution in [3.05, 3.63) is 27.7 Å². The van der Waals surface area contributed by atoms with E-state index in [-0.39, 0.29) is 5.28 Å². The summed E-state index contributed by atoms with van der Waals surface area (Å²) >= 11 is 9.10. The molecule has 0 spiro atoms. The highest BCUT2D eigenvalue weighted by Crippen LogP contribution is 2.39. The Kier molecular flexibility index (Phi) is 2.76. The first-order valence-electron chi connectivity index (χ1n) is 5.23. The fourth-order valence-electron chi connectivity index (χ4n) is 1.55. The Morgan fingerprint density at radius 2 is 2.29 bits per heavy atom. The van der Waals surface area contributed by atoms with E-state index in [1.807, 2.05) is 6.07 Å². The summed E-state index contributed by atoms with van der Waals surface area (Å²) in [5, 5.41) is 10.5. The summed E-state index contributed by atoms with van der Waals surface area (Å²) in [4.78, 5) is 7.95. The second-order valence-electron chi connectivity index (χ2n) is 3.94. The van der Waals surface area contributed by atoms with E-state index in [0.717, 1.165) is 16.0 Å². The standard InChI is InChI=1S/C10H9BrClN5/c11-6-4-13-10(12)15-9(6)14-8-3-7(16-17-8)5-1-2-5/h3-5H,1-2H2,(H2,13,14,15,16,17). The quantitative estimate of drug-likeness (QED) is 0.854. The zero-order chi connectivity index (χ0) is 11.8. The molecule has 17 heavy (non-hydrogen) atoms. The average Bonchev–Trinajstić information content (AvgIpc) is 3.05. The van der Waals surface area contributed by atoms with Gasteiger partial charge in [-0.1, -0.05) is 0 Å². The number of hydrogen-bond acceptors (Lipinski definition) is 4. The van der Waals surface area contributed by atoms with E-state index in [0.29, 0.717) is 11.7 Å². The van der Waals surface area contributed by atoms with Crippen LogP contribution in [-0.4, -0.2) is 20.2 Å². The highest BCUT2D eigenvalue weighted by molar-refractivity contribution is 9.10. The molecule has 7 heteroatoms. The van der Waals surface area contributed by atoms with Crippen molar-refractivity contribution < 1.29 is 0 Å². The molecule has 0 atom stereocenters. The molecule has 0 bridgehead atoms. The number of aromatic amines is 1. The van der Waals surface area contributed by atoms with Crippen LogP contribution in [0, 0.1) is 0 Å². The van der Waals surface area contributed by atoms with Crippen LogP contribution in [0.2, 0.25) is 5.28 Å². The first kappa shape index (κ1) is 11.0. The van der Waals surface area contributed by atoms with E-state index in [4.69, 9.17) is 11.6 Å². The molecule has 0 aliphatic heterocycles. The van der Waals surface area contributed by atoms with E-state index in [2.05, 4.69) is 41.4 Å². The molecule has 2 aromatic heterocycles. The summed E-state index contributed by atoms with van der Waals surface area (Å²) in [6.07, 6.45) is 4.07. The number of rotatable bonds is 3. The lowest BCUT2D eigenvalue weighted by Crippen LogP contribution is -1.96. The van der Waals surface area contributed by atoms with Crippen LogP contribution < -0.4 is 5.32 Å². The van der Waals surface area contributed by atoms with E-state index < -0.39 is 0 Å². The van der Waals surface area contributed by atoms with Crippen molar-refractivity contribution in [3.8, 4) is 0 Å². The van der Waals surface area contributed by atoms with Gasteiger partial charge in [-0.3, -0.25) is 5.10 Å². The molecule has 3 rings (SSSR count). The Hall–Kier alpha value is -1.14. The predicted molar refractivity (Wildman–Crippen MR) is 68.6 cm³/mol. The van der Waals surface area contributed by atoms with Crippen molar-refractivity contribution in [3.63, 3.8) is 0 Å². The van der Waals surface area contributed by atoms with E-state index in [9.17, 15) is 0 Å². The first-order valence-corrected chi connectivity index (χ1v) is 6.40. The molecule has 0 radical (unpaired) electrons. The second-order valence-corrected chi connectivity index (χ2v) is 5.13. The van der Waals surface area contributed by atoms with Gasteiger partial charge in [-0.2, -0.15) is 10.1 Å². The average molecular weight is 315 g/mol. The number of aromatic nitrogens is 4. The third kappa shape index (κ3) is 2.42. The number of nitrogens with zero attached hydrogens (tertiary/aromatic N) is 3. The van der Waals surface area contributed by atoms with Gasteiger partial charge in [-0.15, -0.1) is 0 Å². The van der Waals surface area contributed by atoms with Gasteiger partial charge < -0.3 is 5.32 Å². The summed E-state index contributed by atoms with van der Waals surface area (Å²) in [6, 6.07) is 2.00. The van der Waals surface area contributed by atoms with Crippen molar-refractivity contribution in [1.82, 2.24) is 20.2 Å². The van der Waals surface area contributed by atoms with Crippen LogP contribution in [0.25, 0.3) is 0 Å². The summed E-state index contributed by atoms with van der Waals surface area (Å²) in [5.74, 6) is 2.05. The Balaban J connectivity index is 1.82. The van der Waals surface area contributed by atoms with Crippen molar-refractivity contribution in [2.75, 3.05) is 5.32 Å². The Morgan fingerprint density at radius 3 is 3.06 bits per heavy atom. The van der Waals surface area contributed by atoms with Crippen LogP contribution in [0.4, 0.5) is 11.6 Å². The number of anilines is 2. The maximum atomic E-state index is 5.74. The molecule has 1 fully saturated rings. The highest BCUT2D eigenvalue weighted by atomic mass is 79.9. The highest BCUT2D eigenvalue weighted by Gasteiger charge is 2.26. The fourth-order valence-corrected chi connectivity index (χ4v) is 1.97. The second kappa shape index (κ2) is 4.27. The largest absolute Gasteiger partial charge is 0.324 e. The molecule has 0 aromatic carbocycles. The smallest absolute Gasteiger partial charge is 0.224 e. The summed E-state index contributed by atoms with van der Waals surface area (Å²) < 4.78 is 0.754. The van der Waals surface area contributed by atoms with Crippen LogP contribution >= 0.6 is 27.5 Å². The molecule has 1 aliphatic carbocycles. The summed E-state index contributed by atoms with van der Waals surface area (Å²) in [7, 11) is 0. The molecule has 88 valence electrons. The SMILES string of the molecule is Clc1ncc(Br)c(Nc2cc(C3CC3)n[nH]2)n1. The normalized spacial score (nSPS) is 14.9. The molecule has 1 saturated carbocycles. The number of hydrogen-bond donors (Lipinski definition) is 2.